The Morgan fingerprint density at radius 1 is 1.21 bits per heavy atom. The molecule has 1 aliphatic carbocycles. The number of ether oxygens (including phenoxy) is 1. The molecule has 8 nitrogen and oxygen atoms in total. The molecule has 204 valence electrons. The van der Waals surface area contributed by atoms with Gasteiger partial charge in [-0.15, -0.1) is 0 Å². The molecule has 2 aromatic heterocycles. The molecule has 0 aliphatic heterocycles. The maximum Gasteiger partial charge on any atom is 0.407 e. The van der Waals surface area contributed by atoms with Crippen molar-refractivity contribution in [1.82, 2.24) is 20.1 Å². The SMILES string of the molecule is CC(C)c1nn(C)c2c(F)cc(-c3cc(NC(=O)[C@H]4CCC[C@@H](NC(=O)OC(C)(C)C)C4)ncc3Cl)cc12. The highest BCUT2D eigenvalue weighted by molar-refractivity contribution is 6.33. The van der Waals surface area contributed by atoms with Gasteiger partial charge in [-0.2, -0.15) is 5.10 Å². The molecular weight excluding hydrogens is 509 g/mol. The van der Waals surface area contributed by atoms with Gasteiger partial charge in [0, 0.05) is 36.2 Å². The van der Waals surface area contributed by atoms with Crippen molar-refractivity contribution < 1.29 is 18.7 Å². The van der Waals surface area contributed by atoms with Crippen LogP contribution in [0.25, 0.3) is 22.0 Å². The van der Waals surface area contributed by atoms with Crippen LogP contribution in [0.1, 0.15) is 71.9 Å². The lowest BCUT2D eigenvalue weighted by Gasteiger charge is -2.30. The summed E-state index contributed by atoms with van der Waals surface area (Å²) in [5.74, 6) is -0.434. The number of carbonyl (C=O) groups is 2. The van der Waals surface area contributed by atoms with Crippen molar-refractivity contribution in [2.45, 2.75) is 77.9 Å². The Labute approximate surface area is 227 Å². The molecule has 0 unspecified atom stereocenters. The number of aryl methyl sites for hydroxylation is 1. The van der Waals surface area contributed by atoms with E-state index in [2.05, 4.69) is 20.7 Å². The summed E-state index contributed by atoms with van der Waals surface area (Å²) >= 11 is 6.47. The predicted molar refractivity (Wildman–Crippen MR) is 147 cm³/mol. The molecule has 0 bridgehead atoms. The Balaban J connectivity index is 1.52. The van der Waals surface area contributed by atoms with Crippen LogP contribution in [0.5, 0.6) is 0 Å². The lowest BCUT2D eigenvalue weighted by molar-refractivity contribution is -0.121. The second-order valence-electron chi connectivity index (χ2n) is 11.3. The molecule has 0 radical (unpaired) electrons. The fourth-order valence-corrected chi connectivity index (χ4v) is 5.17. The Morgan fingerprint density at radius 2 is 1.95 bits per heavy atom. The fraction of sp³-hybridized carbons (Fsp3) is 0.500. The van der Waals surface area contributed by atoms with Gasteiger partial charge in [-0.25, -0.2) is 14.2 Å². The van der Waals surface area contributed by atoms with E-state index in [0.717, 1.165) is 23.9 Å². The zero-order valence-corrected chi connectivity index (χ0v) is 23.4. The van der Waals surface area contributed by atoms with Crippen LogP contribution >= 0.6 is 11.6 Å². The molecule has 2 heterocycles. The number of hydrogen-bond acceptors (Lipinski definition) is 5. The third-order valence-corrected chi connectivity index (χ3v) is 6.95. The van der Waals surface area contributed by atoms with E-state index in [1.807, 2.05) is 40.7 Å². The van der Waals surface area contributed by atoms with E-state index < -0.39 is 17.5 Å². The van der Waals surface area contributed by atoms with E-state index in [0.29, 0.717) is 40.3 Å². The summed E-state index contributed by atoms with van der Waals surface area (Å²) in [5.41, 5.74) is 1.78. The zero-order valence-electron chi connectivity index (χ0n) is 22.7. The predicted octanol–water partition coefficient (Wildman–Crippen LogP) is 6.57. The van der Waals surface area contributed by atoms with E-state index in [1.54, 1.807) is 17.8 Å². The second kappa shape index (κ2) is 10.9. The minimum Gasteiger partial charge on any atom is -0.444 e. The topological polar surface area (TPSA) is 98.1 Å². The number of amides is 2. The van der Waals surface area contributed by atoms with Gasteiger partial charge < -0.3 is 15.4 Å². The van der Waals surface area contributed by atoms with Crippen LogP contribution in [0.2, 0.25) is 5.02 Å². The van der Waals surface area contributed by atoms with Crippen molar-refractivity contribution in [2.75, 3.05) is 5.32 Å². The molecule has 2 atom stereocenters. The number of carbonyl (C=O) groups excluding carboxylic acids is 2. The Morgan fingerprint density at radius 3 is 2.63 bits per heavy atom. The number of aromatic nitrogens is 3. The second-order valence-corrected chi connectivity index (χ2v) is 11.7. The molecule has 38 heavy (non-hydrogen) atoms. The maximum atomic E-state index is 15.1. The number of halogens is 2. The summed E-state index contributed by atoms with van der Waals surface area (Å²) in [7, 11) is 1.73. The number of benzene rings is 1. The smallest absolute Gasteiger partial charge is 0.407 e. The molecule has 2 N–H and O–H groups in total. The third-order valence-electron chi connectivity index (χ3n) is 6.65. The van der Waals surface area contributed by atoms with Gasteiger partial charge in [0.25, 0.3) is 0 Å². The highest BCUT2D eigenvalue weighted by Crippen LogP contribution is 2.35. The molecule has 4 rings (SSSR count). The summed E-state index contributed by atoms with van der Waals surface area (Å²) in [5, 5.41) is 11.3. The summed E-state index contributed by atoms with van der Waals surface area (Å²) in [6, 6.07) is 4.81. The summed E-state index contributed by atoms with van der Waals surface area (Å²) in [6.07, 6.45) is 3.78. The van der Waals surface area contributed by atoms with Crippen molar-refractivity contribution >= 4 is 40.3 Å². The van der Waals surface area contributed by atoms with E-state index in [9.17, 15) is 9.59 Å². The summed E-state index contributed by atoms with van der Waals surface area (Å²) < 4.78 is 22.0. The third kappa shape index (κ3) is 6.26. The van der Waals surface area contributed by atoms with E-state index in [-0.39, 0.29) is 23.8 Å². The highest BCUT2D eigenvalue weighted by atomic mass is 35.5. The van der Waals surface area contributed by atoms with E-state index in [1.165, 1.54) is 12.3 Å². The quantitative estimate of drug-likeness (QED) is 0.379. The minimum atomic E-state index is -0.589. The normalized spacial score (nSPS) is 18.0. The molecule has 10 heteroatoms. The molecule has 3 aromatic rings. The first-order valence-corrected chi connectivity index (χ1v) is 13.3. The molecule has 0 spiro atoms. The standard InChI is InChI=1S/C28H35ClFN5O3/c1-15(2)24-20-11-17(12-22(30)25(20)35(6)34-24)19-13-23(31-14-21(19)29)33-26(36)16-8-7-9-18(10-16)32-27(37)38-28(3,4)5/h11-16,18H,7-10H2,1-6H3,(H,32,37)(H,31,33,36)/t16-,18+/m0/s1. The van der Waals surface area contributed by atoms with Gasteiger partial charge in [-0.1, -0.05) is 31.9 Å². The minimum absolute atomic E-state index is 0.111. The summed E-state index contributed by atoms with van der Waals surface area (Å²) in [6.45, 7) is 9.45. The molecule has 0 saturated heterocycles. The number of pyridine rings is 1. The Kier molecular flexibility index (Phi) is 7.97. The van der Waals surface area contributed by atoms with Crippen LogP contribution in [0, 0.1) is 11.7 Å². The van der Waals surface area contributed by atoms with E-state index in [4.69, 9.17) is 16.3 Å². The van der Waals surface area contributed by atoms with Gasteiger partial charge in [0.1, 0.15) is 22.8 Å². The average Bonchev–Trinajstić information content (AvgIpc) is 3.16. The monoisotopic (exact) mass is 543 g/mol. The zero-order chi connectivity index (χ0) is 27.8. The van der Waals surface area contributed by atoms with Gasteiger partial charge in [-0.05, 0) is 69.7 Å². The molecule has 1 aliphatic rings. The molecular formula is C28H35ClFN5O3. The van der Waals surface area contributed by atoms with Crippen LogP contribution in [0.15, 0.2) is 24.4 Å². The van der Waals surface area contributed by atoms with Gasteiger partial charge in [0.2, 0.25) is 5.91 Å². The molecule has 2 amide bonds. The molecule has 1 saturated carbocycles. The van der Waals surface area contributed by atoms with Gasteiger partial charge in [0.15, 0.2) is 0 Å². The van der Waals surface area contributed by atoms with Crippen LogP contribution in [-0.2, 0) is 16.6 Å². The molecule has 1 fully saturated rings. The van der Waals surface area contributed by atoms with Crippen LogP contribution in [0.4, 0.5) is 15.0 Å². The number of rotatable bonds is 5. The fourth-order valence-electron chi connectivity index (χ4n) is 4.96. The number of nitrogens with one attached hydrogen (secondary N) is 2. The van der Waals surface area contributed by atoms with Crippen LogP contribution < -0.4 is 10.6 Å². The van der Waals surface area contributed by atoms with Gasteiger partial charge >= 0.3 is 6.09 Å². The van der Waals surface area contributed by atoms with Crippen molar-refractivity contribution in [3.63, 3.8) is 0 Å². The average molecular weight is 544 g/mol. The van der Waals surface area contributed by atoms with Crippen molar-refractivity contribution in [3.8, 4) is 11.1 Å². The van der Waals surface area contributed by atoms with E-state index >= 15 is 4.39 Å². The first kappa shape index (κ1) is 27.8. The Hall–Kier alpha value is -3.20. The van der Waals surface area contributed by atoms with Crippen molar-refractivity contribution in [1.29, 1.82) is 0 Å². The highest BCUT2D eigenvalue weighted by Gasteiger charge is 2.30. The number of alkyl carbamates (subject to hydrolysis) is 1. The Bertz CT molecular complexity index is 1360. The van der Waals surface area contributed by atoms with Crippen LogP contribution in [0.3, 0.4) is 0 Å². The van der Waals surface area contributed by atoms with Crippen molar-refractivity contribution in [3.05, 3.63) is 40.9 Å². The number of hydrogen-bond donors (Lipinski definition) is 2. The first-order valence-electron chi connectivity index (χ1n) is 12.9. The van der Waals surface area contributed by atoms with Gasteiger partial charge in [0.05, 0.1) is 10.7 Å². The molecule has 1 aromatic carbocycles. The number of anilines is 1. The number of fused-ring (bicyclic) bond motifs is 1. The largest absolute Gasteiger partial charge is 0.444 e. The number of nitrogens with zero attached hydrogens (tertiary/aromatic N) is 3. The van der Waals surface area contributed by atoms with Gasteiger partial charge in [-0.3, -0.25) is 9.48 Å². The maximum absolute atomic E-state index is 15.1. The first-order chi connectivity index (χ1) is 17.8. The van der Waals surface area contributed by atoms with Crippen LogP contribution in [-0.4, -0.2) is 38.4 Å². The lowest BCUT2D eigenvalue weighted by Crippen LogP contribution is -2.43. The van der Waals surface area contributed by atoms with Crippen molar-refractivity contribution in [2.24, 2.45) is 13.0 Å². The lowest BCUT2D eigenvalue weighted by atomic mass is 9.85. The summed E-state index contributed by atoms with van der Waals surface area (Å²) in [4.78, 5) is 29.6.